The van der Waals surface area contributed by atoms with Crippen LogP contribution in [-0.2, 0) is 0 Å². The Hall–Kier alpha value is -0.230. The number of carbonyl (C=O) groups is 1. The molecule has 1 atom stereocenters. The quantitative estimate of drug-likeness (QED) is 0.775. The molecule has 1 unspecified atom stereocenters. The number of carbonyl (C=O) groups excluding carboxylic acids is 1. The van der Waals surface area contributed by atoms with Crippen LogP contribution in [0.15, 0.2) is 15.9 Å². The van der Waals surface area contributed by atoms with Crippen molar-refractivity contribution in [3.8, 4) is 0 Å². The molecule has 0 amide bonds. The van der Waals surface area contributed by atoms with Gasteiger partial charge in [-0.1, -0.05) is 0 Å². The molecule has 0 aliphatic carbocycles. The van der Waals surface area contributed by atoms with Crippen molar-refractivity contribution in [1.29, 1.82) is 0 Å². The smallest absolute Gasteiger partial charge is 0.186 e. The summed E-state index contributed by atoms with van der Waals surface area (Å²) in [6.45, 7) is 2.66. The SMILES string of the molecule is CN(C)CC1CCCN1CC(=O)c1ccc(Br)s1. The van der Waals surface area contributed by atoms with Gasteiger partial charge in [-0.2, -0.15) is 0 Å². The fraction of sp³-hybridized carbons (Fsp3) is 0.615. The Bertz CT molecular complexity index is 419. The van der Waals surface area contributed by atoms with Crippen molar-refractivity contribution in [3.63, 3.8) is 0 Å². The molecule has 1 fully saturated rings. The van der Waals surface area contributed by atoms with Crippen molar-refractivity contribution in [3.05, 3.63) is 20.8 Å². The first-order valence-electron chi connectivity index (χ1n) is 6.23. The Morgan fingerprint density at radius 3 is 2.94 bits per heavy atom. The normalized spacial score (nSPS) is 20.8. The third-order valence-electron chi connectivity index (χ3n) is 3.27. The van der Waals surface area contributed by atoms with Crippen LogP contribution >= 0.6 is 27.3 Å². The number of thiophene rings is 1. The van der Waals surface area contributed by atoms with Crippen LogP contribution < -0.4 is 0 Å². The van der Waals surface area contributed by atoms with E-state index in [4.69, 9.17) is 0 Å². The molecule has 0 spiro atoms. The standard InChI is InChI=1S/C13H19BrN2OS/c1-15(2)8-10-4-3-7-16(10)9-11(17)12-5-6-13(14)18-12/h5-6,10H,3-4,7-9H2,1-2H3. The molecule has 1 aromatic rings. The van der Waals surface area contributed by atoms with Gasteiger partial charge in [0, 0.05) is 12.6 Å². The molecule has 0 radical (unpaired) electrons. The number of Topliss-reactive ketones (excluding diaryl/α,β-unsaturated/α-hetero) is 1. The monoisotopic (exact) mass is 330 g/mol. The number of likely N-dealkylation sites (tertiary alicyclic amines) is 1. The fourth-order valence-corrected chi connectivity index (χ4v) is 3.77. The summed E-state index contributed by atoms with van der Waals surface area (Å²) in [5.74, 6) is 0.247. The molecule has 18 heavy (non-hydrogen) atoms. The maximum Gasteiger partial charge on any atom is 0.186 e. The Kier molecular flexibility index (Phi) is 4.95. The lowest BCUT2D eigenvalue weighted by Crippen LogP contribution is -2.40. The molecule has 2 heterocycles. The Morgan fingerprint density at radius 2 is 2.33 bits per heavy atom. The number of hydrogen-bond donors (Lipinski definition) is 0. The van der Waals surface area contributed by atoms with E-state index in [1.807, 2.05) is 12.1 Å². The van der Waals surface area contributed by atoms with Crippen molar-refractivity contribution >= 4 is 33.0 Å². The maximum absolute atomic E-state index is 12.2. The van der Waals surface area contributed by atoms with Crippen molar-refractivity contribution in [2.45, 2.75) is 18.9 Å². The highest BCUT2D eigenvalue weighted by molar-refractivity contribution is 9.11. The first-order chi connectivity index (χ1) is 8.56. The molecule has 1 saturated heterocycles. The molecule has 0 N–H and O–H groups in total. The average molecular weight is 331 g/mol. The average Bonchev–Trinajstić information content (AvgIpc) is 2.88. The van der Waals surface area contributed by atoms with Gasteiger partial charge in [-0.3, -0.25) is 9.69 Å². The summed E-state index contributed by atoms with van der Waals surface area (Å²) >= 11 is 4.93. The Labute approximate surface area is 121 Å². The second-order valence-corrected chi connectivity index (χ2v) is 7.52. The van der Waals surface area contributed by atoms with Gasteiger partial charge in [0.05, 0.1) is 15.2 Å². The highest BCUT2D eigenvalue weighted by atomic mass is 79.9. The molecular weight excluding hydrogens is 312 g/mol. The van der Waals surface area contributed by atoms with Crippen LogP contribution in [0.1, 0.15) is 22.5 Å². The van der Waals surface area contributed by atoms with Crippen molar-refractivity contribution in [2.24, 2.45) is 0 Å². The van der Waals surface area contributed by atoms with Gasteiger partial charge in [0.15, 0.2) is 5.78 Å². The van der Waals surface area contributed by atoms with E-state index in [1.165, 1.54) is 24.2 Å². The van der Waals surface area contributed by atoms with E-state index in [0.717, 1.165) is 21.8 Å². The van der Waals surface area contributed by atoms with Crippen LogP contribution in [0.3, 0.4) is 0 Å². The third-order valence-corrected chi connectivity index (χ3v) is 4.93. The number of rotatable bonds is 5. The largest absolute Gasteiger partial charge is 0.308 e. The van der Waals surface area contributed by atoms with E-state index < -0.39 is 0 Å². The van der Waals surface area contributed by atoms with E-state index in [9.17, 15) is 4.79 Å². The highest BCUT2D eigenvalue weighted by Crippen LogP contribution is 2.24. The second kappa shape index (κ2) is 6.28. The van der Waals surface area contributed by atoms with E-state index in [1.54, 1.807) is 0 Å². The van der Waals surface area contributed by atoms with Gasteiger partial charge in [0.25, 0.3) is 0 Å². The molecule has 3 nitrogen and oxygen atoms in total. The van der Waals surface area contributed by atoms with E-state index in [-0.39, 0.29) is 5.78 Å². The summed E-state index contributed by atoms with van der Waals surface area (Å²) in [7, 11) is 4.18. The minimum absolute atomic E-state index is 0.247. The molecule has 100 valence electrons. The summed E-state index contributed by atoms with van der Waals surface area (Å²) in [6.07, 6.45) is 2.42. The lowest BCUT2D eigenvalue weighted by atomic mass is 10.2. The zero-order valence-electron chi connectivity index (χ0n) is 10.9. The predicted molar refractivity (Wildman–Crippen MR) is 79.5 cm³/mol. The molecule has 0 bridgehead atoms. The molecule has 1 aromatic heterocycles. The van der Waals surface area contributed by atoms with Crippen LogP contribution in [0.25, 0.3) is 0 Å². The van der Waals surface area contributed by atoms with Crippen LogP contribution in [0, 0.1) is 0 Å². The summed E-state index contributed by atoms with van der Waals surface area (Å²) < 4.78 is 1.03. The number of nitrogens with zero attached hydrogens (tertiary/aromatic N) is 2. The summed E-state index contributed by atoms with van der Waals surface area (Å²) in [4.78, 5) is 17.6. The molecule has 1 aliphatic rings. The van der Waals surface area contributed by atoms with Gasteiger partial charge in [0.1, 0.15) is 0 Å². The van der Waals surface area contributed by atoms with Gasteiger partial charge < -0.3 is 4.90 Å². The summed E-state index contributed by atoms with van der Waals surface area (Å²) in [5, 5.41) is 0. The maximum atomic E-state index is 12.2. The first-order valence-corrected chi connectivity index (χ1v) is 7.84. The molecule has 0 saturated carbocycles. The number of ketones is 1. The van der Waals surface area contributed by atoms with E-state index in [0.29, 0.717) is 12.6 Å². The molecule has 1 aliphatic heterocycles. The van der Waals surface area contributed by atoms with Gasteiger partial charge in [-0.15, -0.1) is 11.3 Å². The zero-order chi connectivity index (χ0) is 13.1. The third kappa shape index (κ3) is 3.63. The highest BCUT2D eigenvalue weighted by Gasteiger charge is 2.27. The van der Waals surface area contributed by atoms with E-state index >= 15 is 0 Å². The van der Waals surface area contributed by atoms with Crippen LogP contribution in [0.5, 0.6) is 0 Å². The van der Waals surface area contributed by atoms with Crippen LogP contribution in [0.4, 0.5) is 0 Å². The second-order valence-electron chi connectivity index (χ2n) is 5.06. The number of likely N-dealkylation sites (N-methyl/N-ethyl adjacent to an activating group) is 1. The van der Waals surface area contributed by atoms with Crippen molar-refractivity contribution in [1.82, 2.24) is 9.80 Å². The number of halogens is 1. The van der Waals surface area contributed by atoms with E-state index in [2.05, 4.69) is 39.8 Å². The molecule has 5 heteroatoms. The van der Waals surface area contributed by atoms with Gasteiger partial charge in [-0.25, -0.2) is 0 Å². The lowest BCUT2D eigenvalue weighted by molar-refractivity contribution is 0.0914. The van der Waals surface area contributed by atoms with Gasteiger partial charge >= 0.3 is 0 Å². The summed E-state index contributed by atoms with van der Waals surface area (Å²) in [6, 6.07) is 4.39. The van der Waals surface area contributed by atoms with Crippen molar-refractivity contribution < 1.29 is 4.79 Å². The molecular formula is C13H19BrN2OS. The minimum Gasteiger partial charge on any atom is -0.308 e. The Morgan fingerprint density at radius 1 is 1.56 bits per heavy atom. The summed E-state index contributed by atoms with van der Waals surface area (Å²) in [5.41, 5.74) is 0. The van der Waals surface area contributed by atoms with Gasteiger partial charge in [-0.05, 0) is 61.5 Å². The van der Waals surface area contributed by atoms with Crippen molar-refractivity contribution in [2.75, 3.05) is 33.7 Å². The molecule has 2 rings (SSSR count). The lowest BCUT2D eigenvalue weighted by Gasteiger charge is -2.26. The molecule has 0 aromatic carbocycles. The topological polar surface area (TPSA) is 23.6 Å². The van der Waals surface area contributed by atoms with Gasteiger partial charge in [0.2, 0.25) is 0 Å². The first kappa shape index (κ1) is 14.2. The predicted octanol–water partition coefficient (Wildman–Crippen LogP) is 2.72. The number of hydrogen-bond acceptors (Lipinski definition) is 4. The van der Waals surface area contributed by atoms with Crippen LogP contribution in [0.2, 0.25) is 0 Å². The van der Waals surface area contributed by atoms with Crippen LogP contribution in [-0.4, -0.2) is 55.4 Å². The Balaban J connectivity index is 1.94. The minimum atomic E-state index is 0.247. The fourth-order valence-electron chi connectivity index (χ4n) is 2.46. The zero-order valence-corrected chi connectivity index (χ0v) is 13.3.